The van der Waals surface area contributed by atoms with Crippen LogP contribution in [0.1, 0.15) is 13.8 Å². The summed E-state index contributed by atoms with van der Waals surface area (Å²) < 4.78 is 0. The van der Waals surface area contributed by atoms with Crippen LogP contribution in [0.15, 0.2) is 24.3 Å². The van der Waals surface area contributed by atoms with Crippen LogP contribution < -0.4 is 10.2 Å². The Bertz CT molecular complexity index is 351. The second kappa shape index (κ2) is 6.10. The molecule has 0 unspecified atom stereocenters. The van der Waals surface area contributed by atoms with Crippen LogP contribution in [-0.2, 0) is 0 Å². The van der Waals surface area contributed by atoms with Crippen LogP contribution in [0, 0.1) is 5.92 Å². The fourth-order valence-electron chi connectivity index (χ4n) is 2.54. The number of nitrogens with zero attached hydrogens (tertiary/aromatic N) is 2. The average Bonchev–Trinajstić information content (AvgIpc) is 2.39. The van der Waals surface area contributed by atoms with Gasteiger partial charge in [0.1, 0.15) is 0 Å². The first kappa shape index (κ1) is 13.2. The van der Waals surface area contributed by atoms with E-state index in [2.05, 4.69) is 53.2 Å². The summed E-state index contributed by atoms with van der Waals surface area (Å²) in [5.74, 6) is 0.770. The standard InChI is InChI=1S/C15H25N3/c1-13(2)12-17-8-10-18(11-9-17)15-6-4-14(16-3)5-7-15/h4-7,13,16H,8-12H2,1-3H3. The normalized spacial score (nSPS) is 17.2. The van der Waals surface area contributed by atoms with E-state index in [1.165, 1.54) is 31.0 Å². The molecule has 1 aromatic carbocycles. The molecule has 1 N–H and O–H groups in total. The highest BCUT2D eigenvalue weighted by molar-refractivity contribution is 5.55. The summed E-state index contributed by atoms with van der Waals surface area (Å²) in [7, 11) is 1.96. The van der Waals surface area contributed by atoms with Gasteiger partial charge >= 0.3 is 0 Å². The van der Waals surface area contributed by atoms with Gasteiger partial charge in [-0.2, -0.15) is 0 Å². The minimum absolute atomic E-state index is 0.770. The molecule has 2 rings (SSSR count). The van der Waals surface area contributed by atoms with Crippen LogP contribution in [0.3, 0.4) is 0 Å². The van der Waals surface area contributed by atoms with Gasteiger partial charge < -0.3 is 10.2 Å². The lowest BCUT2D eigenvalue weighted by Gasteiger charge is -2.36. The zero-order valence-corrected chi connectivity index (χ0v) is 11.8. The van der Waals surface area contributed by atoms with Gasteiger partial charge in [-0.05, 0) is 30.2 Å². The molecule has 1 heterocycles. The molecule has 0 atom stereocenters. The Kier molecular flexibility index (Phi) is 4.48. The van der Waals surface area contributed by atoms with Crippen LogP contribution in [-0.4, -0.2) is 44.7 Å². The van der Waals surface area contributed by atoms with Gasteiger partial charge in [-0.15, -0.1) is 0 Å². The third-order valence-corrected chi connectivity index (χ3v) is 3.52. The molecule has 0 bridgehead atoms. The summed E-state index contributed by atoms with van der Waals surface area (Å²) in [6.45, 7) is 10.5. The maximum atomic E-state index is 3.16. The summed E-state index contributed by atoms with van der Waals surface area (Å²) >= 11 is 0. The molecule has 18 heavy (non-hydrogen) atoms. The first-order chi connectivity index (χ1) is 8.69. The number of anilines is 2. The number of hydrogen-bond acceptors (Lipinski definition) is 3. The number of nitrogens with one attached hydrogen (secondary N) is 1. The minimum Gasteiger partial charge on any atom is -0.388 e. The van der Waals surface area contributed by atoms with Crippen molar-refractivity contribution in [2.75, 3.05) is 50.0 Å². The van der Waals surface area contributed by atoms with Gasteiger partial charge in [-0.3, -0.25) is 4.90 Å². The molecule has 1 aliphatic rings. The monoisotopic (exact) mass is 247 g/mol. The molecule has 3 heteroatoms. The summed E-state index contributed by atoms with van der Waals surface area (Å²) in [6, 6.07) is 8.72. The third kappa shape index (κ3) is 3.39. The van der Waals surface area contributed by atoms with E-state index in [9.17, 15) is 0 Å². The largest absolute Gasteiger partial charge is 0.388 e. The Balaban J connectivity index is 1.88. The second-order valence-electron chi connectivity index (χ2n) is 5.48. The van der Waals surface area contributed by atoms with Gasteiger partial charge in [0.2, 0.25) is 0 Å². The quantitative estimate of drug-likeness (QED) is 0.882. The van der Waals surface area contributed by atoms with Crippen LogP contribution in [0.4, 0.5) is 11.4 Å². The molecule has 0 aromatic heterocycles. The molecular weight excluding hydrogens is 222 g/mol. The molecule has 0 saturated carbocycles. The molecule has 1 aliphatic heterocycles. The average molecular weight is 247 g/mol. The van der Waals surface area contributed by atoms with Crippen molar-refractivity contribution in [1.82, 2.24) is 4.90 Å². The first-order valence-corrected chi connectivity index (χ1v) is 6.94. The SMILES string of the molecule is CNc1ccc(N2CCN(CC(C)C)CC2)cc1. The molecule has 0 amide bonds. The van der Waals surface area contributed by atoms with Crippen molar-refractivity contribution in [3.05, 3.63) is 24.3 Å². The van der Waals surface area contributed by atoms with Gasteiger partial charge in [-0.25, -0.2) is 0 Å². The minimum atomic E-state index is 0.770. The lowest BCUT2D eigenvalue weighted by Crippen LogP contribution is -2.47. The van der Waals surface area contributed by atoms with Crippen molar-refractivity contribution >= 4 is 11.4 Å². The highest BCUT2D eigenvalue weighted by Crippen LogP contribution is 2.19. The third-order valence-electron chi connectivity index (χ3n) is 3.52. The van der Waals surface area contributed by atoms with Crippen LogP contribution in [0.2, 0.25) is 0 Å². The van der Waals surface area contributed by atoms with E-state index in [4.69, 9.17) is 0 Å². The van der Waals surface area contributed by atoms with E-state index in [0.29, 0.717) is 0 Å². The molecule has 0 radical (unpaired) electrons. The second-order valence-corrected chi connectivity index (χ2v) is 5.48. The maximum absolute atomic E-state index is 3.16. The molecule has 3 nitrogen and oxygen atoms in total. The van der Waals surface area contributed by atoms with E-state index in [-0.39, 0.29) is 0 Å². The van der Waals surface area contributed by atoms with E-state index < -0.39 is 0 Å². The number of hydrogen-bond donors (Lipinski definition) is 1. The number of piperazine rings is 1. The Labute approximate surface area is 111 Å². The predicted octanol–water partition coefficient (Wildman–Crippen LogP) is 2.51. The highest BCUT2D eigenvalue weighted by Gasteiger charge is 2.17. The molecule has 0 spiro atoms. The number of rotatable bonds is 4. The zero-order valence-electron chi connectivity index (χ0n) is 11.8. The lowest BCUT2D eigenvalue weighted by molar-refractivity contribution is 0.231. The van der Waals surface area contributed by atoms with Crippen LogP contribution in [0.25, 0.3) is 0 Å². The van der Waals surface area contributed by atoms with Crippen molar-refractivity contribution in [3.8, 4) is 0 Å². The van der Waals surface area contributed by atoms with Gasteiger partial charge in [0.25, 0.3) is 0 Å². The van der Waals surface area contributed by atoms with Crippen molar-refractivity contribution in [2.45, 2.75) is 13.8 Å². The van der Waals surface area contributed by atoms with Crippen molar-refractivity contribution in [1.29, 1.82) is 0 Å². The zero-order chi connectivity index (χ0) is 13.0. The Morgan fingerprint density at radius 3 is 2.17 bits per heavy atom. The van der Waals surface area contributed by atoms with Crippen LogP contribution >= 0.6 is 0 Å². The Morgan fingerprint density at radius 1 is 1.06 bits per heavy atom. The van der Waals surface area contributed by atoms with Crippen molar-refractivity contribution in [3.63, 3.8) is 0 Å². The fraction of sp³-hybridized carbons (Fsp3) is 0.600. The smallest absolute Gasteiger partial charge is 0.0368 e. The highest BCUT2D eigenvalue weighted by atomic mass is 15.3. The number of benzene rings is 1. The van der Waals surface area contributed by atoms with E-state index in [1.807, 2.05) is 7.05 Å². The van der Waals surface area contributed by atoms with E-state index in [1.54, 1.807) is 0 Å². The van der Waals surface area contributed by atoms with Crippen molar-refractivity contribution < 1.29 is 0 Å². The Morgan fingerprint density at radius 2 is 1.67 bits per heavy atom. The van der Waals surface area contributed by atoms with Gasteiger partial charge in [0, 0.05) is 51.1 Å². The van der Waals surface area contributed by atoms with E-state index >= 15 is 0 Å². The summed E-state index contributed by atoms with van der Waals surface area (Å²) in [5, 5.41) is 3.16. The van der Waals surface area contributed by atoms with Gasteiger partial charge in [-0.1, -0.05) is 13.8 Å². The van der Waals surface area contributed by atoms with Gasteiger partial charge in [0.15, 0.2) is 0 Å². The molecule has 1 fully saturated rings. The topological polar surface area (TPSA) is 18.5 Å². The molecular formula is C15H25N3. The van der Waals surface area contributed by atoms with Gasteiger partial charge in [0.05, 0.1) is 0 Å². The molecule has 100 valence electrons. The Hall–Kier alpha value is -1.22. The molecule has 0 aliphatic carbocycles. The first-order valence-electron chi connectivity index (χ1n) is 6.94. The maximum Gasteiger partial charge on any atom is 0.0368 e. The summed E-state index contributed by atoms with van der Waals surface area (Å²) in [5.41, 5.74) is 2.52. The summed E-state index contributed by atoms with van der Waals surface area (Å²) in [4.78, 5) is 5.05. The van der Waals surface area contributed by atoms with Crippen molar-refractivity contribution in [2.24, 2.45) is 5.92 Å². The molecule has 1 aromatic rings. The lowest BCUT2D eigenvalue weighted by atomic mass is 10.2. The molecule has 1 saturated heterocycles. The van der Waals surface area contributed by atoms with Crippen LogP contribution in [0.5, 0.6) is 0 Å². The summed E-state index contributed by atoms with van der Waals surface area (Å²) in [6.07, 6.45) is 0. The predicted molar refractivity (Wildman–Crippen MR) is 79.5 cm³/mol. The van der Waals surface area contributed by atoms with E-state index in [0.717, 1.165) is 19.0 Å². The fourth-order valence-corrected chi connectivity index (χ4v) is 2.54.